The van der Waals surface area contributed by atoms with Gasteiger partial charge in [0.25, 0.3) is 5.69 Å². The fraction of sp³-hybridized carbons (Fsp3) is 0.200. The molecule has 0 aliphatic rings. The molecule has 2 rings (SSSR count). The first-order chi connectivity index (χ1) is 9.15. The van der Waals surface area contributed by atoms with E-state index in [2.05, 4.69) is 17.0 Å². The van der Waals surface area contributed by atoms with Crippen LogP contribution >= 0.6 is 0 Å². The predicted molar refractivity (Wildman–Crippen MR) is 74.7 cm³/mol. The summed E-state index contributed by atoms with van der Waals surface area (Å²) in [5.41, 5.74) is 2.46. The van der Waals surface area contributed by atoms with Gasteiger partial charge in [-0.1, -0.05) is 42.5 Å². The third kappa shape index (κ3) is 3.89. The van der Waals surface area contributed by atoms with Crippen LogP contribution in [0.3, 0.4) is 0 Å². The lowest BCUT2D eigenvalue weighted by molar-refractivity contribution is -0.384. The number of nitro benzene ring substituents is 1. The maximum absolute atomic E-state index is 10.6. The molecule has 2 aromatic carbocycles. The van der Waals surface area contributed by atoms with Crippen LogP contribution < -0.4 is 0 Å². The molecular weight excluding hydrogens is 240 g/mol. The number of rotatable bonds is 5. The highest BCUT2D eigenvalue weighted by molar-refractivity contribution is 5.32. The second kappa shape index (κ2) is 6.11. The number of nitrogens with zero attached hydrogens (tertiary/aromatic N) is 2. The molecule has 0 aliphatic heterocycles. The van der Waals surface area contributed by atoms with Crippen LogP contribution in [0.5, 0.6) is 0 Å². The summed E-state index contributed by atoms with van der Waals surface area (Å²) in [4.78, 5) is 12.4. The van der Waals surface area contributed by atoms with Crippen molar-refractivity contribution >= 4 is 5.69 Å². The number of hydrogen-bond acceptors (Lipinski definition) is 3. The number of nitro groups is 1. The Labute approximate surface area is 112 Å². The van der Waals surface area contributed by atoms with Crippen molar-refractivity contribution in [1.29, 1.82) is 0 Å². The van der Waals surface area contributed by atoms with Crippen molar-refractivity contribution in [3.8, 4) is 0 Å². The fourth-order valence-electron chi connectivity index (χ4n) is 1.99. The van der Waals surface area contributed by atoms with Crippen LogP contribution in [-0.2, 0) is 13.1 Å². The van der Waals surface area contributed by atoms with Crippen molar-refractivity contribution in [2.24, 2.45) is 0 Å². The summed E-state index contributed by atoms with van der Waals surface area (Å²) in [6, 6.07) is 16.9. The summed E-state index contributed by atoms with van der Waals surface area (Å²) in [6.45, 7) is 1.63. The quantitative estimate of drug-likeness (QED) is 0.609. The zero-order valence-corrected chi connectivity index (χ0v) is 10.8. The minimum atomic E-state index is -0.378. The molecule has 0 spiro atoms. The van der Waals surface area contributed by atoms with Gasteiger partial charge in [-0.15, -0.1) is 0 Å². The third-order valence-electron chi connectivity index (χ3n) is 2.89. The van der Waals surface area contributed by atoms with E-state index in [1.54, 1.807) is 24.3 Å². The minimum absolute atomic E-state index is 0.134. The van der Waals surface area contributed by atoms with E-state index < -0.39 is 0 Å². The average molecular weight is 256 g/mol. The molecule has 0 aliphatic carbocycles. The second-order valence-electron chi connectivity index (χ2n) is 4.58. The Morgan fingerprint density at radius 2 is 1.47 bits per heavy atom. The molecule has 0 saturated carbocycles. The molecule has 2 aromatic rings. The molecule has 0 bridgehead atoms. The van der Waals surface area contributed by atoms with Gasteiger partial charge in [0, 0.05) is 25.2 Å². The molecule has 0 unspecified atom stereocenters. The average Bonchev–Trinajstić information content (AvgIpc) is 2.40. The molecule has 98 valence electrons. The molecule has 0 N–H and O–H groups in total. The van der Waals surface area contributed by atoms with E-state index >= 15 is 0 Å². The molecule has 0 saturated heterocycles. The first kappa shape index (κ1) is 13.2. The van der Waals surface area contributed by atoms with Gasteiger partial charge in [0.15, 0.2) is 0 Å². The number of benzene rings is 2. The maximum atomic E-state index is 10.6. The Hall–Kier alpha value is -2.20. The zero-order valence-electron chi connectivity index (χ0n) is 10.8. The van der Waals surface area contributed by atoms with Crippen molar-refractivity contribution in [1.82, 2.24) is 4.90 Å². The molecule has 0 aromatic heterocycles. The molecule has 4 heteroatoms. The fourth-order valence-corrected chi connectivity index (χ4v) is 1.99. The first-order valence-corrected chi connectivity index (χ1v) is 6.11. The van der Waals surface area contributed by atoms with E-state index in [1.165, 1.54) is 5.56 Å². The van der Waals surface area contributed by atoms with E-state index in [-0.39, 0.29) is 10.6 Å². The van der Waals surface area contributed by atoms with Crippen molar-refractivity contribution < 1.29 is 4.92 Å². The third-order valence-corrected chi connectivity index (χ3v) is 2.89. The minimum Gasteiger partial charge on any atom is -0.298 e. The van der Waals surface area contributed by atoms with Crippen molar-refractivity contribution in [2.45, 2.75) is 13.1 Å². The highest BCUT2D eigenvalue weighted by atomic mass is 16.6. The van der Waals surface area contributed by atoms with E-state index in [1.807, 2.05) is 25.2 Å². The van der Waals surface area contributed by atoms with E-state index in [4.69, 9.17) is 0 Å². The normalized spacial score (nSPS) is 10.6. The Balaban J connectivity index is 1.95. The van der Waals surface area contributed by atoms with E-state index in [0.29, 0.717) is 0 Å². The highest BCUT2D eigenvalue weighted by Crippen LogP contribution is 2.14. The van der Waals surface area contributed by atoms with E-state index in [0.717, 1.165) is 18.7 Å². The lowest BCUT2D eigenvalue weighted by Gasteiger charge is -2.16. The highest BCUT2D eigenvalue weighted by Gasteiger charge is 2.06. The summed E-state index contributed by atoms with van der Waals surface area (Å²) >= 11 is 0. The van der Waals surface area contributed by atoms with Crippen LogP contribution in [0, 0.1) is 10.1 Å². The van der Waals surface area contributed by atoms with Gasteiger partial charge in [-0.25, -0.2) is 0 Å². The van der Waals surface area contributed by atoms with Gasteiger partial charge < -0.3 is 0 Å². The molecule has 0 fully saturated rings. The van der Waals surface area contributed by atoms with Crippen molar-refractivity contribution in [2.75, 3.05) is 7.05 Å². The standard InChI is InChI=1S/C15H16N2O2/c1-16(11-13-5-3-2-4-6-13)12-14-7-9-15(10-8-14)17(18)19/h2-10H,11-12H2,1H3. The Morgan fingerprint density at radius 1 is 0.947 bits per heavy atom. The molecule has 19 heavy (non-hydrogen) atoms. The van der Waals surface area contributed by atoms with Crippen LogP contribution in [0.25, 0.3) is 0 Å². The molecule has 0 atom stereocenters. The topological polar surface area (TPSA) is 46.4 Å². The Bertz CT molecular complexity index is 538. The van der Waals surface area contributed by atoms with Gasteiger partial charge in [0.2, 0.25) is 0 Å². The van der Waals surface area contributed by atoms with Crippen LogP contribution in [-0.4, -0.2) is 16.9 Å². The number of hydrogen-bond donors (Lipinski definition) is 0. The lowest BCUT2D eigenvalue weighted by atomic mass is 10.1. The smallest absolute Gasteiger partial charge is 0.269 e. The van der Waals surface area contributed by atoms with Gasteiger partial charge in [-0.3, -0.25) is 15.0 Å². The van der Waals surface area contributed by atoms with Gasteiger partial charge in [-0.2, -0.15) is 0 Å². The molecule has 4 nitrogen and oxygen atoms in total. The predicted octanol–water partition coefficient (Wildman–Crippen LogP) is 3.23. The number of non-ortho nitro benzene ring substituents is 1. The van der Waals surface area contributed by atoms with Crippen LogP contribution in [0.2, 0.25) is 0 Å². The molecule has 0 amide bonds. The lowest BCUT2D eigenvalue weighted by Crippen LogP contribution is -2.17. The summed E-state index contributed by atoms with van der Waals surface area (Å²) in [5.74, 6) is 0. The van der Waals surface area contributed by atoms with Gasteiger partial charge >= 0.3 is 0 Å². The molecular formula is C15H16N2O2. The maximum Gasteiger partial charge on any atom is 0.269 e. The van der Waals surface area contributed by atoms with Crippen molar-refractivity contribution in [3.63, 3.8) is 0 Å². The van der Waals surface area contributed by atoms with Gasteiger partial charge in [-0.05, 0) is 18.2 Å². The largest absolute Gasteiger partial charge is 0.298 e. The van der Waals surface area contributed by atoms with Gasteiger partial charge in [0.1, 0.15) is 0 Å². The van der Waals surface area contributed by atoms with E-state index in [9.17, 15) is 10.1 Å². The van der Waals surface area contributed by atoms with Gasteiger partial charge in [0.05, 0.1) is 4.92 Å². The zero-order chi connectivity index (χ0) is 13.7. The Morgan fingerprint density at radius 3 is 2.00 bits per heavy atom. The van der Waals surface area contributed by atoms with Crippen molar-refractivity contribution in [3.05, 3.63) is 75.8 Å². The molecule has 0 heterocycles. The van der Waals surface area contributed by atoms with Crippen LogP contribution in [0.15, 0.2) is 54.6 Å². The molecule has 0 radical (unpaired) electrons. The van der Waals surface area contributed by atoms with Crippen LogP contribution in [0.4, 0.5) is 5.69 Å². The SMILES string of the molecule is CN(Cc1ccccc1)Cc1ccc([N+](=O)[O-])cc1. The summed E-state index contributed by atoms with van der Waals surface area (Å²) in [7, 11) is 2.04. The Kier molecular flexibility index (Phi) is 4.26. The summed E-state index contributed by atoms with van der Waals surface area (Å²) < 4.78 is 0. The van der Waals surface area contributed by atoms with Crippen LogP contribution in [0.1, 0.15) is 11.1 Å². The monoisotopic (exact) mass is 256 g/mol. The first-order valence-electron chi connectivity index (χ1n) is 6.11. The summed E-state index contributed by atoms with van der Waals surface area (Å²) in [6.07, 6.45) is 0. The summed E-state index contributed by atoms with van der Waals surface area (Å²) in [5, 5.41) is 10.6. The second-order valence-corrected chi connectivity index (χ2v) is 4.58.